The third-order valence-corrected chi connectivity index (χ3v) is 6.23. The molecule has 32 heavy (non-hydrogen) atoms. The minimum absolute atomic E-state index is 0.278. The molecule has 0 radical (unpaired) electrons. The van der Waals surface area contributed by atoms with Crippen LogP contribution in [0.2, 0.25) is 0 Å². The number of para-hydroxylation sites is 1. The number of carbonyl (C=O) groups excluding carboxylic acids is 1. The second-order valence-electron chi connectivity index (χ2n) is 8.66. The van der Waals surface area contributed by atoms with E-state index in [-0.39, 0.29) is 5.91 Å². The fourth-order valence-electron chi connectivity index (χ4n) is 4.77. The van der Waals surface area contributed by atoms with Gasteiger partial charge in [0.25, 0.3) is 11.9 Å². The van der Waals surface area contributed by atoms with Crippen LogP contribution in [0.3, 0.4) is 0 Å². The number of rotatable bonds is 3. The molecule has 1 aromatic rings. The minimum atomic E-state index is -0.833. The van der Waals surface area contributed by atoms with Crippen LogP contribution in [0.25, 0.3) is 0 Å². The molecule has 1 aromatic carbocycles. The average molecular weight is 448 g/mol. The minimum Gasteiger partial charge on any atom is -0.481 e. The van der Waals surface area contributed by atoms with E-state index in [1.54, 1.807) is 0 Å². The van der Waals surface area contributed by atoms with Gasteiger partial charge in [-0.2, -0.15) is 0 Å². The molecule has 3 N–H and O–H groups in total. The topological polar surface area (TPSA) is 110 Å². The van der Waals surface area contributed by atoms with Crippen molar-refractivity contribution in [3.8, 4) is 0 Å². The van der Waals surface area contributed by atoms with Gasteiger partial charge in [-0.15, -0.1) is 0 Å². The van der Waals surface area contributed by atoms with Crippen LogP contribution in [-0.4, -0.2) is 72.2 Å². The molecule has 3 aliphatic rings. The molecule has 0 atom stereocenters. The van der Waals surface area contributed by atoms with Crippen LogP contribution in [0.4, 0.5) is 5.69 Å². The van der Waals surface area contributed by atoms with E-state index in [9.17, 15) is 4.79 Å². The van der Waals surface area contributed by atoms with E-state index in [2.05, 4.69) is 28.4 Å². The van der Waals surface area contributed by atoms with Crippen molar-refractivity contribution in [3.63, 3.8) is 0 Å². The molecule has 0 bridgehead atoms. The van der Waals surface area contributed by atoms with Crippen LogP contribution in [0.15, 0.2) is 24.3 Å². The monoisotopic (exact) mass is 447 g/mol. The van der Waals surface area contributed by atoms with Gasteiger partial charge in [0, 0.05) is 26.1 Å². The number of hydrogen-bond acceptors (Lipinski definition) is 5. The number of piperidine rings is 2. The molecule has 1 amide bonds. The third-order valence-electron chi connectivity index (χ3n) is 6.23. The predicted molar refractivity (Wildman–Crippen MR) is 124 cm³/mol. The Labute approximate surface area is 190 Å². The van der Waals surface area contributed by atoms with Gasteiger partial charge in [0.2, 0.25) is 5.91 Å². The molecule has 8 heteroatoms. The van der Waals surface area contributed by atoms with Crippen molar-refractivity contribution in [2.75, 3.05) is 44.2 Å². The van der Waals surface area contributed by atoms with Crippen LogP contribution in [-0.2, 0) is 20.8 Å². The summed E-state index contributed by atoms with van der Waals surface area (Å²) < 4.78 is 0. The highest BCUT2D eigenvalue weighted by molar-refractivity contribution is 5.96. The Morgan fingerprint density at radius 1 is 0.906 bits per heavy atom. The predicted octanol–water partition coefficient (Wildman–Crippen LogP) is 2.47. The molecule has 3 aliphatic heterocycles. The first-order valence-electron chi connectivity index (χ1n) is 11.5. The fourth-order valence-corrected chi connectivity index (χ4v) is 4.77. The molecule has 0 saturated carbocycles. The summed E-state index contributed by atoms with van der Waals surface area (Å²) in [5.74, 6) is 0.404. The van der Waals surface area contributed by atoms with E-state index in [1.165, 1.54) is 44.3 Å². The number of nitrogens with zero attached hydrogens (tertiary/aromatic N) is 2. The van der Waals surface area contributed by atoms with Gasteiger partial charge < -0.3 is 20.4 Å². The Morgan fingerprint density at radius 2 is 1.44 bits per heavy atom. The summed E-state index contributed by atoms with van der Waals surface area (Å²) in [6.07, 6.45) is 6.23. The summed E-state index contributed by atoms with van der Waals surface area (Å²) in [7, 11) is 0. The van der Waals surface area contributed by atoms with Crippen molar-refractivity contribution in [3.05, 3.63) is 29.8 Å². The summed E-state index contributed by atoms with van der Waals surface area (Å²) in [5, 5.41) is 18.3. The number of hydrogen-bond donors (Lipinski definition) is 3. The number of fused-ring (bicyclic) bond motifs is 1. The third kappa shape index (κ3) is 8.59. The van der Waals surface area contributed by atoms with Crippen LogP contribution >= 0.6 is 0 Å². The Morgan fingerprint density at radius 3 is 2.03 bits per heavy atom. The summed E-state index contributed by atoms with van der Waals surface area (Å²) in [5.41, 5.74) is 2.45. The normalized spacial score (nSPS) is 19.1. The standard InChI is InChI=1S/C20H29N3O.2C2H4O2/c24-20(23-14-9-18-3-1-2-4-19(18)23)15-22-12-7-17(8-13-22)16-5-10-21-11-6-16;2*1-2(3)4/h1-4,16-17,21H,5-15H2;2*1H3,(H,3,4). The summed E-state index contributed by atoms with van der Waals surface area (Å²) in [6, 6.07) is 8.34. The van der Waals surface area contributed by atoms with E-state index >= 15 is 0 Å². The molecular formula is C24H37N3O5. The lowest BCUT2D eigenvalue weighted by Crippen LogP contribution is -2.44. The molecule has 0 unspecified atom stereocenters. The highest BCUT2D eigenvalue weighted by Gasteiger charge is 2.30. The fraction of sp³-hybridized carbons (Fsp3) is 0.625. The van der Waals surface area contributed by atoms with Crippen molar-refractivity contribution < 1.29 is 24.6 Å². The zero-order valence-electron chi connectivity index (χ0n) is 19.3. The number of carbonyl (C=O) groups is 3. The van der Waals surface area contributed by atoms with Gasteiger partial charge in [0.15, 0.2) is 0 Å². The molecule has 0 aliphatic carbocycles. The molecule has 0 aromatic heterocycles. The largest absolute Gasteiger partial charge is 0.481 e. The SMILES string of the molecule is CC(=O)O.CC(=O)O.O=C(CN1CCC(C2CCNCC2)CC1)N1CCc2ccccc21. The molecule has 8 nitrogen and oxygen atoms in total. The summed E-state index contributed by atoms with van der Waals surface area (Å²) >= 11 is 0. The van der Waals surface area contributed by atoms with Gasteiger partial charge in [0.05, 0.1) is 6.54 Å². The van der Waals surface area contributed by atoms with Gasteiger partial charge in [-0.3, -0.25) is 19.3 Å². The van der Waals surface area contributed by atoms with Crippen molar-refractivity contribution in [2.45, 2.75) is 46.0 Å². The van der Waals surface area contributed by atoms with Gasteiger partial charge in [-0.1, -0.05) is 18.2 Å². The summed E-state index contributed by atoms with van der Waals surface area (Å²) in [4.78, 5) is 35.1. The zero-order chi connectivity index (χ0) is 23.5. The van der Waals surface area contributed by atoms with E-state index < -0.39 is 11.9 Å². The van der Waals surface area contributed by atoms with Gasteiger partial charge in [-0.05, 0) is 81.7 Å². The van der Waals surface area contributed by atoms with Crippen LogP contribution < -0.4 is 10.2 Å². The lowest BCUT2D eigenvalue weighted by Gasteiger charge is -2.38. The molecule has 2 saturated heterocycles. The molecule has 2 fully saturated rings. The number of anilines is 1. The van der Waals surface area contributed by atoms with E-state index in [0.717, 1.165) is 57.4 Å². The van der Waals surface area contributed by atoms with Gasteiger partial charge in [-0.25, -0.2) is 0 Å². The van der Waals surface area contributed by atoms with E-state index in [0.29, 0.717) is 6.54 Å². The molecule has 178 valence electrons. The number of benzene rings is 1. The Hall–Kier alpha value is -2.45. The van der Waals surface area contributed by atoms with Crippen LogP contribution in [0.5, 0.6) is 0 Å². The molecule has 4 rings (SSSR count). The van der Waals surface area contributed by atoms with Crippen molar-refractivity contribution in [1.82, 2.24) is 10.2 Å². The number of carboxylic acids is 2. The van der Waals surface area contributed by atoms with E-state index in [1.807, 2.05) is 11.0 Å². The van der Waals surface area contributed by atoms with Crippen molar-refractivity contribution >= 4 is 23.5 Å². The number of likely N-dealkylation sites (tertiary alicyclic amines) is 1. The van der Waals surface area contributed by atoms with E-state index in [4.69, 9.17) is 19.8 Å². The lowest BCUT2D eigenvalue weighted by atomic mass is 9.79. The quantitative estimate of drug-likeness (QED) is 0.653. The first-order chi connectivity index (χ1) is 15.3. The molecular weight excluding hydrogens is 410 g/mol. The van der Waals surface area contributed by atoms with Crippen molar-refractivity contribution in [1.29, 1.82) is 0 Å². The smallest absolute Gasteiger partial charge is 0.300 e. The second-order valence-corrected chi connectivity index (χ2v) is 8.66. The maximum atomic E-state index is 12.7. The Balaban J connectivity index is 0.000000395. The second kappa shape index (κ2) is 13.2. The number of nitrogens with one attached hydrogen (secondary N) is 1. The lowest BCUT2D eigenvalue weighted by molar-refractivity contribution is -0.135. The van der Waals surface area contributed by atoms with Gasteiger partial charge >= 0.3 is 0 Å². The van der Waals surface area contributed by atoms with Gasteiger partial charge in [0.1, 0.15) is 0 Å². The number of aliphatic carboxylic acids is 2. The van der Waals surface area contributed by atoms with Crippen molar-refractivity contribution in [2.24, 2.45) is 11.8 Å². The highest BCUT2D eigenvalue weighted by Crippen LogP contribution is 2.31. The van der Waals surface area contributed by atoms with Crippen LogP contribution in [0.1, 0.15) is 45.1 Å². The first-order valence-corrected chi connectivity index (χ1v) is 11.5. The van der Waals surface area contributed by atoms with Crippen LogP contribution in [0, 0.1) is 11.8 Å². The zero-order valence-corrected chi connectivity index (χ0v) is 19.3. The molecule has 0 spiro atoms. The first kappa shape index (κ1) is 25.8. The maximum absolute atomic E-state index is 12.7. The number of carboxylic acid groups (broad SMARTS) is 2. The summed E-state index contributed by atoms with van der Waals surface area (Å²) in [6.45, 7) is 8.18. The Bertz CT molecular complexity index is 736. The number of amides is 1. The molecule has 3 heterocycles. The Kier molecular flexibility index (Phi) is 10.6. The maximum Gasteiger partial charge on any atom is 0.300 e. The highest BCUT2D eigenvalue weighted by atomic mass is 16.4. The average Bonchev–Trinajstić information content (AvgIpc) is 3.18.